The zero-order valence-corrected chi connectivity index (χ0v) is 16.7. The molecule has 0 spiro atoms. The molecule has 0 amide bonds. The Labute approximate surface area is 161 Å². The molecule has 1 heterocycles. The summed E-state index contributed by atoms with van der Waals surface area (Å²) in [6, 6.07) is 3.28. The highest BCUT2D eigenvalue weighted by atomic mass is 35.5. The smallest absolute Gasteiger partial charge is 0.240 e. The van der Waals surface area contributed by atoms with Gasteiger partial charge in [0.1, 0.15) is 0 Å². The van der Waals surface area contributed by atoms with Gasteiger partial charge in [-0.2, -0.15) is 0 Å². The van der Waals surface area contributed by atoms with Crippen molar-refractivity contribution in [3.05, 3.63) is 24.0 Å². The van der Waals surface area contributed by atoms with E-state index in [0.717, 1.165) is 12.5 Å². The van der Waals surface area contributed by atoms with E-state index in [1.807, 2.05) is 13.8 Å². The Morgan fingerprint density at radius 2 is 2.15 bits per heavy atom. The van der Waals surface area contributed by atoms with E-state index in [4.69, 9.17) is 15.2 Å². The summed E-state index contributed by atoms with van der Waals surface area (Å²) in [6.07, 6.45) is 1.50. The van der Waals surface area contributed by atoms with Crippen LogP contribution in [0.5, 0.6) is 5.75 Å². The van der Waals surface area contributed by atoms with Crippen molar-refractivity contribution in [2.24, 2.45) is 17.6 Å². The summed E-state index contributed by atoms with van der Waals surface area (Å²) in [5, 5.41) is 0. The fourth-order valence-electron chi connectivity index (χ4n) is 2.74. The zero-order chi connectivity index (χ0) is 18.4. The van der Waals surface area contributed by atoms with Crippen LogP contribution in [0.15, 0.2) is 23.1 Å². The van der Waals surface area contributed by atoms with Gasteiger partial charge in [0.05, 0.1) is 18.1 Å². The van der Waals surface area contributed by atoms with Crippen molar-refractivity contribution >= 4 is 22.4 Å². The Morgan fingerprint density at radius 1 is 1.42 bits per heavy atom. The summed E-state index contributed by atoms with van der Waals surface area (Å²) in [6.45, 7) is 5.80. The van der Waals surface area contributed by atoms with Crippen LogP contribution in [0.3, 0.4) is 0 Å². The highest BCUT2D eigenvalue weighted by Gasteiger charge is 2.22. The molecule has 3 N–H and O–H groups in total. The molecule has 2 atom stereocenters. The minimum Gasteiger partial charge on any atom is -0.490 e. The van der Waals surface area contributed by atoms with Crippen LogP contribution in [0, 0.1) is 17.7 Å². The lowest BCUT2D eigenvalue weighted by Gasteiger charge is -2.19. The molecule has 1 aromatic rings. The number of sulfonamides is 1. The summed E-state index contributed by atoms with van der Waals surface area (Å²) in [5.74, 6) is -0.118. The molecule has 2 rings (SSSR count). The number of hydrogen-bond acceptors (Lipinski definition) is 5. The second-order valence-electron chi connectivity index (χ2n) is 6.82. The number of hydrogen-bond donors (Lipinski definition) is 2. The lowest BCUT2D eigenvalue weighted by atomic mass is 10.1. The Bertz CT molecular complexity index is 667. The average Bonchev–Trinajstić information content (AvgIpc) is 3.05. The van der Waals surface area contributed by atoms with Crippen molar-refractivity contribution in [3.63, 3.8) is 0 Å². The molecular weight excluding hydrogens is 383 g/mol. The number of ether oxygens (including phenoxy) is 2. The monoisotopic (exact) mass is 410 g/mol. The maximum Gasteiger partial charge on any atom is 0.240 e. The molecule has 0 saturated carbocycles. The van der Waals surface area contributed by atoms with Gasteiger partial charge in [-0.3, -0.25) is 0 Å². The first kappa shape index (κ1) is 23.1. The highest BCUT2D eigenvalue weighted by Crippen LogP contribution is 2.23. The zero-order valence-electron chi connectivity index (χ0n) is 15.1. The normalized spacial score (nSPS) is 18.6. The Morgan fingerprint density at radius 3 is 2.69 bits per heavy atom. The molecule has 0 radical (unpaired) electrons. The number of nitrogens with one attached hydrogen (secondary N) is 1. The summed E-state index contributed by atoms with van der Waals surface area (Å²) in [7, 11) is -3.83. The van der Waals surface area contributed by atoms with E-state index in [-0.39, 0.29) is 41.6 Å². The van der Waals surface area contributed by atoms with Crippen molar-refractivity contribution < 1.29 is 22.3 Å². The molecule has 1 aliphatic heterocycles. The molecule has 1 aliphatic rings. The van der Waals surface area contributed by atoms with Crippen LogP contribution < -0.4 is 15.2 Å². The standard InChI is InChI=1S/C17H27FN2O4S.ClH/c1-12(2)7-14(9-19)20-25(21,22)15-3-4-17(16(18)8-15)24-11-13-5-6-23-10-13;/h3-4,8,12-14,20H,5-7,9-11,19H2,1-2H3;1H. The van der Waals surface area contributed by atoms with E-state index < -0.39 is 15.8 Å². The highest BCUT2D eigenvalue weighted by molar-refractivity contribution is 7.89. The van der Waals surface area contributed by atoms with E-state index >= 15 is 0 Å². The average molecular weight is 411 g/mol. The summed E-state index contributed by atoms with van der Waals surface area (Å²) < 4.78 is 52.3. The van der Waals surface area contributed by atoms with Gasteiger partial charge >= 0.3 is 0 Å². The van der Waals surface area contributed by atoms with Gasteiger partial charge in [-0.1, -0.05) is 13.8 Å². The maximum atomic E-state index is 14.2. The fourth-order valence-corrected chi connectivity index (χ4v) is 4.01. The van der Waals surface area contributed by atoms with Gasteiger partial charge in [0, 0.05) is 25.1 Å². The predicted molar refractivity (Wildman–Crippen MR) is 101 cm³/mol. The summed E-state index contributed by atoms with van der Waals surface area (Å²) in [5.41, 5.74) is 5.63. The van der Waals surface area contributed by atoms with Crippen molar-refractivity contribution in [1.29, 1.82) is 0 Å². The molecule has 1 aromatic carbocycles. The van der Waals surface area contributed by atoms with Gasteiger partial charge in [-0.05, 0) is 37.0 Å². The minimum absolute atomic E-state index is 0. The van der Waals surface area contributed by atoms with Gasteiger partial charge in [-0.25, -0.2) is 17.5 Å². The van der Waals surface area contributed by atoms with Gasteiger partial charge in [-0.15, -0.1) is 12.4 Å². The van der Waals surface area contributed by atoms with E-state index in [9.17, 15) is 12.8 Å². The topological polar surface area (TPSA) is 90.7 Å². The second kappa shape index (κ2) is 10.4. The van der Waals surface area contributed by atoms with Crippen molar-refractivity contribution in [3.8, 4) is 5.75 Å². The van der Waals surface area contributed by atoms with Crippen LogP contribution in [0.4, 0.5) is 4.39 Å². The first-order chi connectivity index (χ1) is 11.8. The lowest BCUT2D eigenvalue weighted by molar-refractivity contribution is 0.165. The Kier molecular flexibility index (Phi) is 9.26. The molecule has 0 aromatic heterocycles. The first-order valence-corrected chi connectivity index (χ1v) is 10.0. The Hall–Kier alpha value is -0.930. The van der Waals surface area contributed by atoms with Crippen molar-refractivity contribution in [2.75, 3.05) is 26.4 Å². The van der Waals surface area contributed by atoms with E-state index in [0.29, 0.717) is 32.2 Å². The first-order valence-electron chi connectivity index (χ1n) is 8.54. The molecule has 26 heavy (non-hydrogen) atoms. The molecular formula is C17H28ClFN2O4S. The third-order valence-electron chi connectivity index (χ3n) is 4.07. The van der Waals surface area contributed by atoms with Gasteiger partial charge in [0.2, 0.25) is 10.0 Å². The maximum absolute atomic E-state index is 14.2. The quantitative estimate of drug-likeness (QED) is 0.652. The predicted octanol–water partition coefficient (Wildman–Crippen LogP) is 2.31. The number of rotatable bonds is 9. The van der Waals surface area contributed by atoms with E-state index in [1.54, 1.807) is 0 Å². The third-order valence-corrected chi connectivity index (χ3v) is 5.59. The van der Waals surface area contributed by atoms with Gasteiger partial charge in [0.15, 0.2) is 11.6 Å². The van der Waals surface area contributed by atoms with Crippen molar-refractivity contribution in [1.82, 2.24) is 4.72 Å². The molecule has 9 heteroatoms. The number of halogens is 2. The molecule has 0 aliphatic carbocycles. The van der Waals surface area contributed by atoms with Gasteiger partial charge in [0.25, 0.3) is 0 Å². The minimum atomic E-state index is -3.83. The molecule has 6 nitrogen and oxygen atoms in total. The van der Waals surface area contributed by atoms with Crippen LogP contribution in [0.25, 0.3) is 0 Å². The van der Waals surface area contributed by atoms with Crippen LogP contribution >= 0.6 is 12.4 Å². The molecule has 2 unspecified atom stereocenters. The summed E-state index contributed by atoms with van der Waals surface area (Å²) in [4.78, 5) is -0.135. The van der Waals surface area contributed by atoms with Crippen LogP contribution in [0.1, 0.15) is 26.7 Å². The van der Waals surface area contributed by atoms with Crippen LogP contribution in [0.2, 0.25) is 0 Å². The second-order valence-corrected chi connectivity index (χ2v) is 8.53. The van der Waals surface area contributed by atoms with Gasteiger partial charge < -0.3 is 15.2 Å². The molecule has 0 bridgehead atoms. The Balaban J connectivity index is 0.00000338. The molecule has 150 valence electrons. The molecule has 1 fully saturated rings. The van der Waals surface area contributed by atoms with Crippen molar-refractivity contribution in [2.45, 2.75) is 37.6 Å². The SMILES string of the molecule is CC(C)CC(CN)NS(=O)(=O)c1ccc(OCC2CCOC2)c(F)c1.Cl. The fraction of sp³-hybridized carbons (Fsp3) is 0.647. The number of benzene rings is 1. The third kappa shape index (κ3) is 6.66. The largest absolute Gasteiger partial charge is 0.490 e. The van der Waals surface area contributed by atoms with Crippen LogP contribution in [-0.2, 0) is 14.8 Å². The number of nitrogens with two attached hydrogens (primary N) is 1. The van der Waals surface area contributed by atoms with E-state index in [2.05, 4.69) is 4.72 Å². The van der Waals surface area contributed by atoms with Crippen LogP contribution in [-0.4, -0.2) is 40.8 Å². The summed E-state index contributed by atoms with van der Waals surface area (Å²) >= 11 is 0. The molecule has 1 saturated heterocycles. The van der Waals surface area contributed by atoms with E-state index in [1.165, 1.54) is 12.1 Å². The lowest BCUT2D eigenvalue weighted by Crippen LogP contribution is -2.41.